The summed E-state index contributed by atoms with van der Waals surface area (Å²) in [4.78, 5) is 23.9. The Labute approximate surface area is 114 Å². The predicted octanol–water partition coefficient (Wildman–Crippen LogP) is -0.146. The van der Waals surface area contributed by atoms with Crippen LogP contribution in [-0.4, -0.2) is 32.1 Å². The molecule has 3 amide bonds. The molecule has 0 aliphatic rings. The zero-order valence-electron chi connectivity index (χ0n) is 11.9. The molecule has 1 aromatic rings. The molecule has 5 nitrogen and oxygen atoms in total. The Morgan fingerprint density at radius 1 is 1.26 bits per heavy atom. The fraction of sp³-hybridized carbons (Fsp3) is 0.429. The zero-order valence-corrected chi connectivity index (χ0v) is 11.9. The molecule has 5 heteroatoms. The number of amides is 3. The van der Waals surface area contributed by atoms with Gasteiger partial charge in [0, 0.05) is 12.6 Å². The molecule has 1 unspecified atom stereocenters. The molecule has 1 rings (SSSR count). The van der Waals surface area contributed by atoms with Crippen LogP contribution in [0.5, 0.6) is 0 Å². The quantitative estimate of drug-likeness (QED) is 0.708. The van der Waals surface area contributed by atoms with Gasteiger partial charge in [0.05, 0.1) is 7.05 Å². The summed E-state index contributed by atoms with van der Waals surface area (Å²) in [6.45, 7) is 4.59. The van der Waals surface area contributed by atoms with Crippen LogP contribution in [0.25, 0.3) is 0 Å². The Kier molecular flexibility index (Phi) is 5.51. The van der Waals surface area contributed by atoms with Crippen molar-refractivity contribution < 1.29 is 14.5 Å². The number of hydrogen-bond acceptors (Lipinski definition) is 2. The Bertz CT molecular complexity index is 443. The van der Waals surface area contributed by atoms with Gasteiger partial charge in [-0.3, -0.25) is 10.1 Å². The molecule has 0 saturated carbocycles. The van der Waals surface area contributed by atoms with Crippen molar-refractivity contribution in [3.05, 3.63) is 35.4 Å². The van der Waals surface area contributed by atoms with Crippen LogP contribution < -0.4 is 15.5 Å². The van der Waals surface area contributed by atoms with Gasteiger partial charge in [-0.15, -0.1) is 0 Å². The highest BCUT2D eigenvalue weighted by molar-refractivity contribution is 5.96. The molecule has 19 heavy (non-hydrogen) atoms. The van der Waals surface area contributed by atoms with Crippen LogP contribution >= 0.6 is 0 Å². The summed E-state index contributed by atoms with van der Waals surface area (Å²) < 4.78 is 0. The number of rotatable bonds is 4. The van der Waals surface area contributed by atoms with Gasteiger partial charge < -0.3 is 10.2 Å². The van der Waals surface area contributed by atoms with Gasteiger partial charge in [0.15, 0.2) is 6.04 Å². The number of nitrogens with one attached hydrogen (secondary N) is 3. The summed E-state index contributed by atoms with van der Waals surface area (Å²) in [7, 11) is 3.42. The summed E-state index contributed by atoms with van der Waals surface area (Å²) in [5.74, 6) is -0.274. The second-order valence-corrected chi connectivity index (χ2v) is 4.80. The van der Waals surface area contributed by atoms with E-state index in [9.17, 15) is 9.59 Å². The van der Waals surface area contributed by atoms with Crippen molar-refractivity contribution >= 4 is 11.9 Å². The fourth-order valence-electron chi connectivity index (χ4n) is 1.69. The van der Waals surface area contributed by atoms with Crippen molar-refractivity contribution in [2.75, 3.05) is 14.1 Å². The van der Waals surface area contributed by atoms with Crippen LogP contribution in [0.4, 0.5) is 4.79 Å². The van der Waals surface area contributed by atoms with Crippen LogP contribution in [0.3, 0.4) is 0 Å². The molecule has 0 heterocycles. The van der Waals surface area contributed by atoms with E-state index in [0.29, 0.717) is 0 Å². The van der Waals surface area contributed by atoms with E-state index in [2.05, 4.69) is 34.9 Å². The molecule has 3 N–H and O–H groups in total. The summed E-state index contributed by atoms with van der Waals surface area (Å²) in [6, 6.07) is 7.46. The molecular weight excluding hydrogens is 242 g/mol. The van der Waals surface area contributed by atoms with E-state index < -0.39 is 6.03 Å². The fourth-order valence-corrected chi connectivity index (χ4v) is 1.69. The van der Waals surface area contributed by atoms with E-state index in [0.717, 1.165) is 11.4 Å². The average molecular weight is 264 g/mol. The Hall–Kier alpha value is -1.88. The first-order chi connectivity index (χ1) is 8.93. The molecule has 0 spiro atoms. The minimum Gasteiger partial charge on any atom is -0.341 e. The highest BCUT2D eigenvalue weighted by Gasteiger charge is 2.23. The van der Waals surface area contributed by atoms with Gasteiger partial charge in [-0.05, 0) is 13.8 Å². The summed E-state index contributed by atoms with van der Waals surface area (Å²) >= 11 is 0. The van der Waals surface area contributed by atoms with E-state index in [4.69, 9.17) is 0 Å². The number of benzene rings is 1. The highest BCUT2D eigenvalue weighted by atomic mass is 16.2. The second kappa shape index (κ2) is 6.89. The number of aryl methyl sites for hydroxylation is 1. The lowest BCUT2D eigenvalue weighted by Gasteiger charge is -2.20. The minimum atomic E-state index is -0.472. The van der Waals surface area contributed by atoms with E-state index in [1.807, 2.05) is 20.9 Å². The first kappa shape index (κ1) is 15.2. The maximum absolute atomic E-state index is 11.8. The maximum atomic E-state index is 11.8. The normalized spacial score (nSPS) is 13.5. The van der Waals surface area contributed by atoms with Gasteiger partial charge >= 0.3 is 6.03 Å². The third kappa shape index (κ3) is 4.71. The van der Waals surface area contributed by atoms with Crippen molar-refractivity contribution in [3.63, 3.8) is 0 Å². The monoisotopic (exact) mass is 264 g/mol. The molecular formula is C14H22N3O2+. The average Bonchev–Trinajstić information content (AvgIpc) is 2.40. The molecule has 0 fully saturated rings. The standard InChI is InChI=1S/C14H21N3O2/c1-10-5-7-12(8-6-10)9-17(4)11(2)13(18)16-14(19)15-3/h5-8,11H,9H2,1-4H3,(H2,15,16,18,19)/p+1/t11-/m0/s1. The van der Waals surface area contributed by atoms with Crippen LogP contribution in [0.2, 0.25) is 0 Å². The van der Waals surface area contributed by atoms with Gasteiger partial charge in [-0.1, -0.05) is 29.8 Å². The third-order valence-corrected chi connectivity index (χ3v) is 3.20. The number of carbonyl (C=O) groups is 2. The minimum absolute atomic E-state index is 0.274. The topological polar surface area (TPSA) is 62.6 Å². The molecule has 0 aromatic heterocycles. The smallest absolute Gasteiger partial charge is 0.321 e. The van der Waals surface area contributed by atoms with Crippen LogP contribution in [0.1, 0.15) is 18.1 Å². The van der Waals surface area contributed by atoms with Crippen LogP contribution in [0.15, 0.2) is 24.3 Å². The highest BCUT2D eigenvalue weighted by Crippen LogP contribution is 2.01. The molecule has 1 aromatic carbocycles. The van der Waals surface area contributed by atoms with E-state index in [1.165, 1.54) is 18.2 Å². The number of carbonyl (C=O) groups excluding carboxylic acids is 2. The predicted molar refractivity (Wildman–Crippen MR) is 73.8 cm³/mol. The summed E-state index contributed by atoms with van der Waals surface area (Å²) in [6.07, 6.45) is 0. The number of imide groups is 1. The molecule has 0 aliphatic carbocycles. The first-order valence-electron chi connectivity index (χ1n) is 6.34. The SMILES string of the molecule is CNC(=O)NC(=O)[C@H](C)[NH+](C)Cc1ccc(C)cc1. The number of quaternary nitrogens is 1. The Balaban J connectivity index is 2.56. The number of urea groups is 1. The van der Waals surface area contributed by atoms with E-state index >= 15 is 0 Å². The molecule has 0 saturated heterocycles. The molecule has 2 atom stereocenters. The summed E-state index contributed by atoms with van der Waals surface area (Å²) in [5.41, 5.74) is 2.38. The van der Waals surface area contributed by atoms with Crippen LogP contribution in [0, 0.1) is 6.92 Å². The molecule has 0 bridgehead atoms. The van der Waals surface area contributed by atoms with Gasteiger partial charge in [0.1, 0.15) is 6.54 Å². The molecule has 104 valence electrons. The lowest BCUT2D eigenvalue weighted by Crippen LogP contribution is -3.12. The van der Waals surface area contributed by atoms with E-state index in [-0.39, 0.29) is 11.9 Å². The van der Waals surface area contributed by atoms with Gasteiger partial charge in [-0.2, -0.15) is 0 Å². The Morgan fingerprint density at radius 3 is 2.37 bits per heavy atom. The van der Waals surface area contributed by atoms with Gasteiger partial charge in [0.25, 0.3) is 5.91 Å². The lowest BCUT2D eigenvalue weighted by atomic mass is 10.1. The first-order valence-corrected chi connectivity index (χ1v) is 6.34. The lowest BCUT2D eigenvalue weighted by molar-refractivity contribution is -0.908. The van der Waals surface area contributed by atoms with Gasteiger partial charge in [0.2, 0.25) is 0 Å². The van der Waals surface area contributed by atoms with Crippen molar-refractivity contribution in [1.82, 2.24) is 10.6 Å². The number of likely N-dealkylation sites (N-methyl/N-ethyl adjacent to an activating group) is 1. The van der Waals surface area contributed by atoms with Crippen molar-refractivity contribution in [2.24, 2.45) is 0 Å². The number of hydrogen-bond donors (Lipinski definition) is 3. The van der Waals surface area contributed by atoms with Crippen molar-refractivity contribution in [3.8, 4) is 0 Å². The maximum Gasteiger partial charge on any atom is 0.321 e. The van der Waals surface area contributed by atoms with Crippen molar-refractivity contribution in [1.29, 1.82) is 0 Å². The van der Waals surface area contributed by atoms with Gasteiger partial charge in [-0.25, -0.2) is 4.79 Å². The molecule has 0 radical (unpaired) electrons. The van der Waals surface area contributed by atoms with E-state index in [1.54, 1.807) is 0 Å². The van der Waals surface area contributed by atoms with Crippen LogP contribution in [-0.2, 0) is 11.3 Å². The Morgan fingerprint density at radius 2 is 1.84 bits per heavy atom. The third-order valence-electron chi connectivity index (χ3n) is 3.20. The van der Waals surface area contributed by atoms with Crippen molar-refractivity contribution in [2.45, 2.75) is 26.4 Å². The molecule has 0 aliphatic heterocycles. The second-order valence-electron chi connectivity index (χ2n) is 4.80. The zero-order chi connectivity index (χ0) is 14.4. The summed E-state index contributed by atoms with van der Waals surface area (Å²) in [5, 5.41) is 4.66. The largest absolute Gasteiger partial charge is 0.341 e.